The van der Waals surface area contributed by atoms with E-state index in [0.717, 1.165) is 41.4 Å². The lowest BCUT2D eigenvalue weighted by Crippen LogP contribution is -2.49. The van der Waals surface area contributed by atoms with E-state index in [-0.39, 0.29) is 0 Å². The molecule has 5 nitrogen and oxygen atoms in total. The van der Waals surface area contributed by atoms with Crippen LogP contribution in [-0.2, 0) is 0 Å². The fourth-order valence-electron chi connectivity index (χ4n) is 4.39. The van der Waals surface area contributed by atoms with Gasteiger partial charge in [0.05, 0.1) is 5.69 Å². The zero-order chi connectivity index (χ0) is 15.8. The molecule has 0 aliphatic carbocycles. The maximum absolute atomic E-state index is 4.58. The normalized spacial score (nSPS) is 25.5. The number of piperidine rings is 2. The van der Waals surface area contributed by atoms with Crippen LogP contribution in [0.5, 0.6) is 0 Å². The summed E-state index contributed by atoms with van der Waals surface area (Å²) in [6.07, 6.45) is 6.84. The smallest absolute Gasteiger partial charge is 0.157 e. The van der Waals surface area contributed by atoms with E-state index in [4.69, 9.17) is 0 Å². The molecular weight excluding hydrogens is 286 g/mol. The van der Waals surface area contributed by atoms with Gasteiger partial charge in [-0.2, -0.15) is 9.61 Å². The van der Waals surface area contributed by atoms with Gasteiger partial charge in [-0.1, -0.05) is 6.42 Å². The number of rotatable bonds is 3. The van der Waals surface area contributed by atoms with Crippen LogP contribution in [-0.4, -0.2) is 45.2 Å². The maximum Gasteiger partial charge on any atom is 0.157 e. The molecule has 4 heterocycles. The second kappa shape index (κ2) is 6.11. The van der Waals surface area contributed by atoms with E-state index >= 15 is 0 Å². The molecule has 124 valence electrons. The lowest BCUT2D eigenvalue weighted by molar-refractivity contribution is 0.0649. The second-order valence-corrected chi connectivity index (χ2v) is 7.22. The summed E-state index contributed by atoms with van der Waals surface area (Å²) in [6.45, 7) is 7.72. The third kappa shape index (κ3) is 2.94. The minimum atomic E-state index is 0.754. The van der Waals surface area contributed by atoms with Crippen molar-refractivity contribution in [3.05, 3.63) is 23.5 Å². The van der Waals surface area contributed by atoms with E-state index in [0.29, 0.717) is 0 Å². The maximum atomic E-state index is 4.58. The van der Waals surface area contributed by atoms with Crippen molar-refractivity contribution in [1.29, 1.82) is 0 Å². The Balaban J connectivity index is 1.52. The molecule has 23 heavy (non-hydrogen) atoms. The molecule has 0 unspecified atom stereocenters. The van der Waals surface area contributed by atoms with Crippen molar-refractivity contribution < 1.29 is 0 Å². The van der Waals surface area contributed by atoms with E-state index in [1.165, 1.54) is 45.2 Å². The van der Waals surface area contributed by atoms with E-state index in [1.807, 2.05) is 17.5 Å². The van der Waals surface area contributed by atoms with Crippen LogP contribution in [0.25, 0.3) is 5.65 Å². The topological polar surface area (TPSA) is 45.5 Å². The van der Waals surface area contributed by atoms with Gasteiger partial charge < -0.3 is 10.2 Å². The highest BCUT2D eigenvalue weighted by Gasteiger charge is 2.32. The molecule has 0 amide bonds. The summed E-state index contributed by atoms with van der Waals surface area (Å²) in [7, 11) is 0. The summed E-state index contributed by atoms with van der Waals surface area (Å²) in [5.41, 5.74) is 3.00. The van der Waals surface area contributed by atoms with Crippen molar-refractivity contribution in [3.8, 4) is 0 Å². The van der Waals surface area contributed by atoms with Crippen molar-refractivity contribution in [2.75, 3.05) is 25.0 Å². The number of aryl methyl sites for hydroxylation is 2. The molecule has 4 rings (SSSR count). The molecule has 2 fully saturated rings. The van der Waals surface area contributed by atoms with Crippen LogP contribution < -0.4 is 5.32 Å². The average Bonchev–Trinajstić information content (AvgIpc) is 2.92. The van der Waals surface area contributed by atoms with Crippen LogP contribution in [0, 0.1) is 19.8 Å². The molecule has 2 aliphatic rings. The Morgan fingerprint density at radius 3 is 2.87 bits per heavy atom. The van der Waals surface area contributed by atoms with Gasteiger partial charge in [-0.15, -0.1) is 0 Å². The lowest BCUT2D eigenvalue weighted by Gasteiger charge is -2.44. The second-order valence-electron chi connectivity index (χ2n) is 7.22. The SMILES string of the molecule is Cc1cc(NC[C@@H]2CCCN3CCCC[C@H]23)n2nc(C)cc2n1. The van der Waals surface area contributed by atoms with Crippen LogP contribution in [0.3, 0.4) is 0 Å². The van der Waals surface area contributed by atoms with Crippen LogP contribution >= 0.6 is 0 Å². The molecule has 0 saturated carbocycles. The first kappa shape index (κ1) is 14.9. The molecule has 1 N–H and O–H groups in total. The quantitative estimate of drug-likeness (QED) is 0.946. The van der Waals surface area contributed by atoms with Gasteiger partial charge in [0.1, 0.15) is 5.82 Å². The molecule has 0 radical (unpaired) electrons. The molecule has 0 bridgehead atoms. The average molecular weight is 313 g/mol. The van der Waals surface area contributed by atoms with Gasteiger partial charge in [-0.05, 0) is 58.5 Å². The van der Waals surface area contributed by atoms with Crippen LogP contribution in [0.15, 0.2) is 12.1 Å². The van der Waals surface area contributed by atoms with Gasteiger partial charge in [0.2, 0.25) is 0 Å². The molecule has 0 spiro atoms. The van der Waals surface area contributed by atoms with Crippen molar-refractivity contribution in [3.63, 3.8) is 0 Å². The zero-order valence-corrected chi connectivity index (χ0v) is 14.3. The Bertz CT molecular complexity index is 690. The Morgan fingerprint density at radius 1 is 1.09 bits per heavy atom. The zero-order valence-electron chi connectivity index (χ0n) is 14.3. The highest BCUT2D eigenvalue weighted by molar-refractivity contribution is 5.50. The highest BCUT2D eigenvalue weighted by atomic mass is 15.3. The number of hydrogen-bond acceptors (Lipinski definition) is 4. The molecule has 2 aliphatic heterocycles. The summed E-state index contributed by atoms with van der Waals surface area (Å²) in [6, 6.07) is 4.94. The van der Waals surface area contributed by atoms with Crippen LogP contribution in [0.2, 0.25) is 0 Å². The standard InChI is InChI=1S/C18H27N5/c1-13-10-17(23-18(20-13)11-14(2)21-23)19-12-15-6-5-9-22-8-4-3-7-16(15)22/h10-11,15-16,19H,3-9,12H2,1-2H3/t15-,16+/m0/s1. The Kier molecular flexibility index (Phi) is 3.97. The number of fused-ring (bicyclic) bond motifs is 2. The van der Waals surface area contributed by atoms with Gasteiger partial charge in [0.25, 0.3) is 0 Å². The minimum Gasteiger partial charge on any atom is -0.370 e. The first-order valence-electron chi connectivity index (χ1n) is 9.03. The van der Waals surface area contributed by atoms with Crippen molar-refractivity contribution in [2.24, 2.45) is 5.92 Å². The molecule has 2 saturated heterocycles. The molecule has 2 aromatic rings. The number of hydrogen-bond donors (Lipinski definition) is 1. The largest absolute Gasteiger partial charge is 0.370 e. The van der Waals surface area contributed by atoms with Gasteiger partial charge in [-0.3, -0.25) is 0 Å². The summed E-state index contributed by atoms with van der Waals surface area (Å²) >= 11 is 0. The van der Waals surface area contributed by atoms with E-state index in [1.54, 1.807) is 0 Å². The summed E-state index contributed by atoms with van der Waals surface area (Å²) in [4.78, 5) is 7.30. The molecule has 2 aromatic heterocycles. The third-order valence-electron chi connectivity index (χ3n) is 5.45. The molecule has 0 aromatic carbocycles. The number of nitrogens with zero attached hydrogens (tertiary/aromatic N) is 4. The predicted octanol–water partition coefficient (Wildman–Crippen LogP) is 3.02. The van der Waals surface area contributed by atoms with E-state index < -0.39 is 0 Å². The number of anilines is 1. The Hall–Kier alpha value is -1.62. The van der Waals surface area contributed by atoms with E-state index in [2.05, 4.69) is 33.3 Å². The third-order valence-corrected chi connectivity index (χ3v) is 5.45. The van der Waals surface area contributed by atoms with Gasteiger partial charge in [-0.25, -0.2) is 4.98 Å². The molecule has 5 heteroatoms. The van der Waals surface area contributed by atoms with Crippen molar-refractivity contribution >= 4 is 11.5 Å². The van der Waals surface area contributed by atoms with E-state index in [9.17, 15) is 0 Å². The monoisotopic (exact) mass is 313 g/mol. The van der Waals surface area contributed by atoms with Crippen molar-refractivity contribution in [1.82, 2.24) is 19.5 Å². The molecular formula is C18H27N5. The number of aromatic nitrogens is 3. The summed E-state index contributed by atoms with van der Waals surface area (Å²) in [5.74, 6) is 1.83. The van der Waals surface area contributed by atoms with Gasteiger partial charge in [0, 0.05) is 30.4 Å². The van der Waals surface area contributed by atoms with Gasteiger partial charge >= 0.3 is 0 Å². The first-order valence-corrected chi connectivity index (χ1v) is 9.03. The van der Waals surface area contributed by atoms with Gasteiger partial charge in [0.15, 0.2) is 5.65 Å². The first-order chi connectivity index (χ1) is 11.2. The summed E-state index contributed by atoms with van der Waals surface area (Å²) in [5, 5.41) is 8.26. The number of nitrogens with one attached hydrogen (secondary N) is 1. The Morgan fingerprint density at radius 2 is 1.96 bits per heavy atom. The predicted molar refractivity (Wildman–Crippen MR) is 92.9 cm³/mol. The fourth-order valence-corrected chi connectivity index (χ4v) is 4.39. The van der Waals surface area contributed by atoms with Crippen LogP contribution in [0.1, 0.15) is 43.5 Å². The Labute approximate surface area is 138 Å². The fraction of sp³-hybridized carbons (Fsp3) is 0.667. The van der Waals surface area contributed by atoms with Crippen molar-refractivity contribution in [2.45, 2.75) is 52.0 Å². The molecule has 2 atom stereocenters. The minimum absolute atomic E-state index is 0.754. The lowest BCUT2D eigenvalue weighted by atomic mass is 9.83. The van der Waals surface area contributed by atoms with Crippen LogP contribution in [0.4, 0.5) is 5.82 Å². The highest BCUT2D eigenvalue weighted by Crippen LogP contribution is 2.31. The summed E-state index contributed by atoms with van der Waals surface area (Å²) < 4.78 is 1.95.